The zero-order valence-electron chi connectivity index (χ0n) is 15.6. The molecule has 25 heavy (non-hydrogen) atoms. The highest BCUT2D eigenvalue weighted by atomic mass is 28.4. The minimum atomic E-state index is -1.77. The second kappa shape index (κ2) is 8.40. The van der Waals surface area contributed by atoms with Crippen molar-refractivity contribution in [3.63, 3.8) is 0 Å². The summed E-state index contributed by atoms with van der Waals surface area (Å²) in [6.07, 6.45) is 1.76. The molecular weight excluding hydrogens is 338 g/mol. The molecule has 0 heterocycles. The SMILES string of the molecule is C=CC(=O)c1cc(OCCCO[Si](C)(C)C(C)(C)C)ccc1[N+](=O)[O-]. The van der Waals surface area contributed by atoms with Crippen molar-refractivity contribution in [2.45, 2.75) is 45.3 Å². The molecule has 0 atom stereocenters. The number of nitro groups is 1. The van der Waals surface area contributed by atoms with Gasteiger partial charge < -0.3 is 9.16 Å². The lowest BCUT2D eigenvalue weighted by Crippen LogP contribution is -2.41. The lowest BCUT2D eigenvalue weighted by Gasteiger charge is -2.36. The Morgan fingerprint density at radius 3 is 2.48 bits per heavy atom. The number of nitro benzene ring substituents is 1. The molecule has 0 bridgehead atoms. The van der Waals surface area contributed by atoms with Gasteiger partial charge in [-0.25, -0.2) is 0 Å². The Kier molecular flexibility index (Phi) is 7.07. The van der Waals surface area contributed by atoms with Crippen molar-refractivity contribution < 1.29 is 18.9 Å². The van der Waals surface area contributed by atoms with Gasteiger partial charge in [0, 0.05) is 19.1 Å². The average Bonchev–Trinajstić information content (AvgIpc) is 2.52. The molecular formula is C18H27NO5Si. The van der Waals surface area contributed by atoms with Crippen molar-refractivity contribution in [1.29, 1.82) is 0 Å². The molecule has 0 radical (unpaired) electrons. The van der Waals surface area contributed by atoms with Gasteiger partial charge >= 0.3 is 0 Å². The van der Waals surface area contributed by atoms with Gasteiger partial charge in [0.2, 0.25) is 0 Å². The molecule has 6 nitrogen and oxygen atoms in total. The van der Waals surface area contributed by atoms with Gasteiger partial charge in [0.1, 0.15) is 11.3 Å². The second-order valence-electron chi connectivity index (χ2n) is 7.32. The third-order valence-electron chi connectivity index (χ3n) is 4.44. The first-order valence-corrected chi connectivity index (χ1v) is 11.1. The van der Waals surface area contributed by atoms with Gasteiger partial charge in [0.05, 0.1) is 11.5 Å². The van der Waals surface area contributed by atoms with E-state index in [1.165, 1.54) is 18.2 Å². The number of ether oxygens (including phenoxy) is 1. The van der Waals surface area contributed by atoms with Crippen LogP contribution in [0.1, 0.15) is 37.6 Å². The number of nitrogens with zero attached hydrogens (tertiary/aromatic N) is 1. The van der Waals surface area contributed by atoms with Crippen molar-refractivity contribution in [2.24, 2.45) is 0 Å². The van der Waals surface area contributed by atoms with Crippen LogP contribution >= 0.6 is 0 Å². The van der Waals surface area contributed by atoms with Crippen LogP contribution in [0.4, 0.5) is 5.69 Å². The topological polar surface area (TPSA) is 78.7 Å². The van der Waals surface area contributed by atoms with Crippen molar-refractivity contribution in [2.75, 3.05) is 13.2 Å². The Balaban J connectivity index is 2.63. The van der Waals surface area contributed by atoms with E-state index in [2.05, 4.69) is 40.4 Å². The molecule has 0 amide bonds. The van der Waals surface area contributed by atoms with E-state index >= 15 is 0 Å². The van der Waals surface area contributed by atoms with Crippen molar-refractivity contribution in [1.82, 2.24) is 0 Å². The summed E-state index contributed by atoms with van der Waals surface area (Å²) in [4.78, 5) is 22.2. The molecule has 0 N–H and O–H groups in total. The van der Waals surface area contributed by atoms with E-state index in [1.54, 1.807) is 0 Å². The lowest BCUT2D eigenvalue weighted by atomic mass is 10.1. The summed E-state index contributed by atoms with van der Waals surface area (Å²) in [5, 5.41) is 11.2. The molecule has 138 valence electrons. The Morgan fingerprint density at radius 2 is 1.96 bits per heavy atom. The number of rotatable bonds is 9. The number of carbonyl (C=O) groups is 1. The third kappa shape index (κ3) is 5.79. The predicted molar refractivity (Wildman–Crippen MR) is 101 cm³/mol. The normalized spacial score (nSPS) is 11.9. The van der Waals surface area contributed by atoms with Crippen LogP contribution in [0.2, 0.25) is 18.1 Å². The van der Waals surface area contributed by atoms with Crippen LogP contribution in [-0.4, -0.2) is 32.2 Å². The van der Waals surface area contributed by atoms with Crippen LogP contribution < -0.4 is 4.74 Å². The molecule has 7 heteroatoms. The fourth-order valence-electron chi connectivity index (χ4n) is 1.86. The number of allylic oxidation sites excluding steroid dienone is 1. The van der Waals surface area contributed by atoms with Crippen molar-refractivity contribution in [3.8, 4) is 5.75 Å². The van der Waals surface area contributed by atoms with Crippen molar-refractivity contribution in [3.05, 3.63) is 46.5 Å². The van der Waals surface area contributed by atoms with Gasteiger partial charge in [-0.2, -0.15) is 0 Å². The fraction of sp³-hybridized carbons (Fsp3) is 0.500. The molecule has 0 aliphatic rings. The van der Waals surface area contributed by atoms with E-state index in [0.29, 0.717) is 25.4 Å². The monoisotopic (exact) mass is 365 g/mol. The molecule has 0 unspecified atom stereocenters. The summed E-state index contributed by atoms with van der Waals surface area (Å²) in [7, 11) is -1.77. The van der Waals surface area contributed by atoms with E-state index in [0.717, 1.165) is 6.08 Å². The second-order valence-corrected chi connectivity index (χ2v) is 12.1. The summed E-state index contributed by atoms with van der Waals surface area (Å²) in [6.45, 7) is 15.3. The van der Waals surface area contributed by atoms with Gasteiger partial charge in [-0.05, 0) is 36.3 Å². The molecule has 0 saturated heterocycles. The molecule has 0 aromatic heterocycles. The summed E-state index contributed by atoms with van der Waals surface area (Å²) in [5.74, 6) is -0.0819. The summed E-state index contributed by atoms with van der Waals surface area (Å²) in [5.41, 5.74) is -0.270. The number of hydrogen-bond donors (Lipinski definition) is 0. The minimum Gasteiger partial charge on any atom is -0.493 e. The molecule has 0 aliphatic carbocycles. The molecule has 1 aromatic carbocycles. The maximum atomic E-state index is 11.8. The van der Waals surface area contributed by atoms with E-state index in [-0.39, 0.29) is 16.3 Å². The molecule has 0 aliphatic heterocycles. The van der Waals surface area contributed by atoms with Gasteiger partial charge in [-0.3, -0.25) is 14.9 Å². The Hall–Kier alpha value is -1.99. The van der Waals surface area contributed by atoms with Crippen LogP contribution in [-0.2, 0) is 4.43 Å². The van der Waals surface area contributed by atoms with Gasteiger partial charge in [0.25, 0.3) is 5.69 Å². The van der Waals surface area contributed by atoms with E-state index in [9.17, 15) is 14.9 Å². The number of benzene rings is 1. The lowest BCUT2D eigenvalue weighted by molar-refractivity contribution is -0.385. The van der Waals surface area contributed by atoms with E-state index in [1.807, 2.05) is 0 Å². The smallest absolute Gasteiger partial charge is 0.280 e. The van der Waals surface area contributed by atoms with E-state index in [4.69, 9.17) is 9.16 Å². The van der Waals surface area contributed by atoms with Crippen LogP contribution in [0, 0.1) is 10.1 Å². The van der Waals surface area contributed by atoms with Gasteiger partial charge in [-0.15, -0.1) is 0 Å². The summed E-state index contributed by atoms with van der Waals surface area (Å²) >= 11 is 0. The first-order valence-electron chi connectivity index (χ1n) is 8.21. The Bertz CT molecular complexity index is 649. The zero-order chi connectivity index (χ0) is 19.3. The molecule has 0 spiro atoms. The average molecular weight is 366 g/mol. The molecule has 1 aromatic rings. The van der Waals surface area contributed by atoms with Gasteiger partial charge in [-0.1, -0.05) is 27.4 Å². The van der Waals surface area contributed by atoms with Crippen LogP contribution in [0.3, 0.4) is 0 Å². The summed E-state index contributed by atoms with van der Waals surface area (Å²) < 4.78 is 11.7. The largest absolute Gasteiger partial charge is 0.493 e. The van der Waals surface area contributed by atoms with E-state index < -0.39 is 19.0 Å². The van der Waals surface area contributed by atoms with Crippen LogP contribution in [0.25, 0.3) is 0 Å². The van der Waals surface area contributed by atoms with Crippen molar-refractivity contribution >= 4 is 19.8 Å². The third-order valence-corrected chi connectivity index (χ3v) is 8.98. The standard InChI is InChI=1S/C18H27NO5Si/c1-7-17(20)15-13-14(9-10-16(15)19(21)22)23-11-8-12-24-25(5,6)18(2,3)4/h7,9-10,13H,1,8,11-12H2,2-6H3. The number of carbonyl (C=O) groups excluding carboxylic acids is 1. The predicted octanol–water partition coefficient (Wildman–Crippen LogP) is 4.75. The maximum Gasteiger partial charge on any atom is 0.280 e. The van der Waals surface area contributed by atoms with Crippen LogP contribution in [0.5, 0.6) is 5.75 Å². The Labute approximate surface area is 150 Å². The maximum absolute atomic E-state index is 11.8. The highest BCUT2D eigenvalue weighted by molar-refractivity contribution is 6.74. The molecule has 0 fully saturated rings. The van der Waals surface area contributed by atoms with Crippen LogP contribution in [0.15, 0.2) is 30.9 Å². The first-order chi connectivity index (χ1) is 11.5. The minimum absolute atomic E-state index is 0.0185. The summed E-state index contributed by atoms with van der Waals surface area (Å²) in [6, 6.07) is 4.15. The molecule has 1 rings (SSSR count). The zero-order valence-corrected chi connectivity index (χ0v) is 16.6. The highest BCUT2D eigenvalue weighted by Crippen LogP contribution is 2.36. The first kappa shape index (κ1) is 21.1. The number of hydrogen-bond acceptors (Lipinski definition) is 5. The number of ketones is 1. The fourth-order valence-corrected chi connectivity index (χ4v) is 2.95. The highest BCUT2D eigenvalue weighted by Gasteiger charge is 2.36. The quantitative estimate of drug-likeness (QED) is 0.157. The van der Waals surface area contributed by atoms with Gasteiger partial charge in [0.15, 0.2) is 14.1 Å². The Morgan fingerprint density at radius 1 is 1.32 bits per heavy atom. The molecule has 0 saturated carbocycles.